The van der Waals surface area contributed by atoms with Crippen molar-refractivity contribution in [1.29, 1.82) is 0 Å². The maximum Gasteiger partial charge on any atom is 0.237 e. The van der Waals surface area contributed by atoms with Crippen LogP contribution in [0.5, 0.6) is 11.5 Å². The van der Waals surface area contributed by atoms with Crippen LogP contribution >= 0.6 is 0 Å². The van der Waals surface area contributed by atoms with Gasteiger partial charge in [0.25, 0.3) is 0 Å². The third kappa shape index (κ3) is 4.81. The summed E-state index contributed by atoms with van der Waals surface area (Å²) in [5.74, 6) is 1.68. The van der Waals surface area contributed by atoms with Gasteiger partial charge in [-0.3, -0.25) is 14.7 Å². The van der Waals surface area contributed by atoms with Crippen LogP contribution in [0.3, 0.4) is 0 Å². The van der Waals surface area contributed by atoms with Crippen molar-refractivity contribution in [3.8, 4) is 11.5 Å². The molecule has 148 valence electrons. The zero-order chi connectivity index (χ0) is 19.2. The van der Waals surface area contributed by atoms with Crippen LogP contribution < -0.4 is 9.47 Å². The highest BCUT2D eigenvalue weighted by molar-refractivity contribution is 5.78. The molecule has 0 N–H and O–H groups in total. The Morgan fingerprint density at radius 2 is 1.64 bits per heavy atom. The van der Waals surface area contributed by atoms with Crippen LogP contribution in [-0.2, 0) is 17.9 Å². The fraction of sp³-hybridized carbons (Fsp3) is 0.455. The SMILES string of the molecule is O=C(CN1CCCCCC1)N(Cc1ccncc1)Cc1ccc2c(c1)OCO2. The van der Waals surface area contributed by atoms with Gasteiger partial charge >= 0.3 is 0 Å². The number of aromatic nitrogens is 1. The molecule has 1 aromatic carbocycles. The highest BCUT2D eigenvalue weighted by Crippen LogP contribution is 2.33. The molecule has 6 nitrogen and oxygen atoms in total. The van der Waals surface area contributed by atoms with Gasteiger partial charge in [-0.25, -0.2) is 0 Å². The summed E-state index contributed by atoms with van der Waals surface area (Å²) in [6, 6.07) is 9.83. The third-order valence-corrected chi connectivity index (χ3v) is 5.34. The van der Waals surface area contributed by atoms with Crippen molar-refractivity contribution in [3.63, 3.8) is 0 Å². The van der Waals surface area contributed by atoms with E-state index in [1.807, 2.05) is 35.2 Å². The summed E-state index contributed by atoms with van der Waals surface area (Å²) in [7, 11) is 0. The van der Waals surface area contributed by atoms with E-state index in [0.29, 0.717) is 19.6 Å². The molecule has 1 amide bonds. The number of fused-ring (bicyclic) bond motifs is 1. The summed E-state index contributed by atoms with van der Waals surface area (Å²) in [6.07, 6.45) is 8.44. The van der Waals surface area contributed by atoms with Gasteiger partial charge in [0.15, 0.2) is 11.5 Å². The topological polar surface area (TPSA) is 54.9 Å². The molecule has 1 aromatic heterocycles. The lowest BCUT2D eigenvalue weighted by Crippen LogP contribution is -2.40. The summed E-state index contributed by atoms with van der Waals surface area (Å²) in [5, 5.41) is 0. The Hall–Kier alpha value is -2.60. The van der Waals surface area contributed by atoms with Crippen LogP contribution in [0.15, 0.2) is 42.7 Å². The van der Waals surface area contributed by atoms with Crippen molar-refractivity contribution in [3.05, 3.63) is 53.9 Å². The standard InChI is InChI=1S/C22H27N3O3/c26-22(16-24-11-3-1-2-4-12-24)25(14-18-7-9-23-10-8-18)15-19-5-6-20-21(13-19)28-17-27-20/h5-10,13H,1-4,11-12,14-17H2. The Kier molecular flexibility index (Phi) is 6.07. The van der Waals surface area contributed by atoms with Crippen LogP contribution in [0, 0.1) is 0 Å². The number of amides is 1. The minimum Gasteiger partial charge on any atom is -0.454 e. The van der Waals surface area contributed by atoms with E-state index in [2.05, 4.69) is 9.88 Å². The molecule has 0 radical (unpaired) electrons. The Morgan fingerprint density at radius 1 is 0.929 bits per heavy atom. The number of benzene rings is 1. The van der Waals surface area contributed by atoms with E-state index in [0.717, 1.165) is 35.7 Å². The molecule has 28 heavy (non-hydrogen) atoms. The molecule has 0 spiro atoms. The van der Waals surface area contributed by atoms with Gasteiger partial charge in [-0.15, -0.1) is 0 Å². The Bertz CT molecular complexity index is 789. The van der Waals surface area contributed by atoms with Gasteiger partial charge in [0.2, 0.25) is 12.7 Å². The normalized spacial score (nSPS) is 16.6. The van der Waals surface area contributed by atoms with E-state index < -0.39 is 0 Å². The van der Waals surface area contributed by atoms with Crippen molar-refractivity contribution in [2.75, 3.05) is 26.4 Å². The van der Waals surface area contributed by atoms with Gasteiger partial charge in [0, 0.05) is 25.5 Å². The first-order chi connectivity index (χ1) is 13.8. The van der Waals surface area contributed by atoms with Crippen LogP contribution in [0.2, 0.25) is 0 Å². The van der Waals surface area contributed by atoms with E-state index in [9.17, 15) is 4.79 Å². The van der Waals surface area contributed by atoms with E-state index in [-0.39, 0.29) is 12.7 Å². The number of likely N-dealkylation sites (tertiary alicyclic amines) is 1. The molecule has 0 aliphatic carbocycles. The molecular weight excluding hydrogens is 354 g/mol. The highest BCUT2D eigenvalue weighted by Gasteiger charge is 2.21. The molecule has 6 heteroatoms. The number of ether oxygens (including phenoxy) is 2. The van der Waals surface area contributed by atoms with E-state index in [1.165, 1.54) is 25.7 Å². The van der Waals surface area contributed by atoms with Crippen molar-refractivity contribution in [2.45, 2.75) is 38.8 Å². The molecule has 0 bridgehead atoms. The third-order valence-electron chi connectivity index (χ3n) is 5.34. The summed E-state index contributed by atoms with van der Waals surface area (Å²) < 4.78 is 10.9. The lowest BCUT2D eigenvalue weighted by atomic mass is 10.1. The zero-order valence-corrected chi connectivity index (χ0v) is 16.2. The number of carbonyl (C=O) groups is 1. The molecule has 3 heterocycles. The van der Waals surface area contributed by atoms with Gasteiger partial charge < -0.3 is 14.4 Å². The van der Waals surface area contributed by atoms with Gasteiger partial charge in [-0.1, -0.05) is 18.9 Å². The first-order valence-electron chi connectivity index (χ1n) is 10.1. The first kappa shape index (κ1) is 18.7. The lowest BCUT2D eigenvalue weighted by Gasteiger charge is -2.27. The molecule has 4 rings (SSSR count). The van der Waals surface area contributed by atoms with E-state index >= 15 is 0 Å². The number of rotatable bonds is 6. The van der Waals surface area contributed by atoms with Crippen LogP contribution in [-0.4, -0.2) is 47.1 Å². The number of nitrogens with zero attached hydrogens (tertiary/aromatic N) is 3. The van der Waals surface area contributed by atoms with Crippen molar-refractivity contribution in [1.82, 2.24) is 14.8 Å². The Balaban J connectivity index is 1.48. The monoisotopic (exact) mass is 381 g/mol. The maximum atomic E-state index is 13.2. The van der Waals surface area contributed by atoms with Crippen LogP contribution in [0.25, 0.3) is 0 Å². The number of carbonyl (C=O) groups excluding carboxylic acids is 1. The van der Waals surface area contributed by atoms with Gasteiger partial charge in [-0.05, 0) is 61.3 Å². The van der Waals surface area contributed by atoms with Gasteiger partial charge in [0.1, 0.15) is 0 Å². The fourth-order valence-corrected chi connectivity index (χ4v) is 3.79. The van der Waals surface area contributed by atoms with Crippen molar-refractivity contribution < 1.29 is 14.3 Å². The second-order valence-corrected chi connectivity index (χ2v) is 7.48. The average molecular weight is 381 g/mol. The van der Waals surface area contributed by atoms with Crippen molar-refractivity contribution >= 4 is 5.91 Å². The lowest BCUT2D eigenvalue weighted by molar-refractivity contribution is -0.133. The zero-order valence-electron chi connectivity index (χ0n) is 16.2. The molecule has 1 saturated heterocycles. The molecule has 2 aliphatic heterocycles. The summed E-state index contributed by atoms with van der Waals surface area (Å²) in [6.45, 7) is 3.88. The molecule has 1 fully saturated rings. The summed E-state index contributed by atoms with van der Waals surface area (Å²) >= 11 is 0. The molecular formula is C22H27N3O3. The minimum absolute atomic E-state index is 0.163. The minimum atomic E-state index is 0.163. The maximum absolute atomic E-state index is 13.2. The van der Waals surface area contributed by atoms with Crippen molar-refractivity contribution in [2.24, 2.45) is 0 Å². The predicted molar refractivity (Wildman–Crippen MR) is 106 cm³/mol. The molecule has 0 atom stereocenters. The smallest absolute Gasteiger partial charge is 0.237 e. The molecule has 2 aliphatic rings. The Morgan fingerprint density at radius 3 is 2.43 bits per heavy atom. The summed E-state index contributed by atoms with van der Waals surface area (Å²) in [5.41, 5.74) is 2.13. The number of pyridine rings is 1. The Labute approximate surface area is 166 Å². The van der Waals surface area contributed by atoms with E-state index in [1.54, 1.807) is 12.4 Å². The largest absolute Gasteiger partial charge is 0.454 e. The fourth-order valence-electron chi connectivity index (χ4n) is 3.79. The van der Waals surface area contributed by atoms with Crippen LogP contribution in [0.1, 0.15) is 36.8 Å². The molecule has 2 aromatic rings. The number of hydrogen-bond donors (Lipinski definition) is 0. The first-order valence-corrected chi connectivity index (χ1v) is 10.1. The molecule has 0 saturated carbocycles. The number of hydrogen-bond acceptors (Lipinski definition) is 5. The average Bonchev–Trinajstić information content (AvgIpc) is 3.03. The van der Waals surface area contributed by atoms with E-state index in [4.69, 9.17) is 9.47 Å². The second kappa shape index (κ2) is 9.06. The molecule has 0 unspecified atom stereocenters. The predicted octanol–water partition coefficient (Wildman–Crippen LogP) is 3.22. The quantitative estimate of drug-likeness (QED) is 0.769. The van der Waals surface area contributed by atoms with Gasteiger partial charge in [0.05, 0.1) is 6.54 Å². The van der Waals surface area contributed by atoms with Crippen LogP contribution in [0.4, 0.5) is 0 Å². The summed E-state index contributed by atoms with van der Waals surface area (Å²) in [4.78, 5) is 21.5. The second-order valence-electron chi connectivity index (χ2n) is 7.48. The van der Waals surface area contributed by atoms with Gasteiger partial charge in [-0.2, -0.15) is 0 Å². The highest BCUT2D eigenvalue weighted by atomic mass is 16.7.